The van der Waals surface area contributed by atoms with E-state index in [0.29, 0.717) is 38.9 Å². The molecule has 0 saturated carbocycles. The monoisotopic (exact) mass is 387 g/mol. The second-order valence-electron chi connectivity index (χ2n) is 5.83. The molecule has 26 heavy (non-hydrogen) atoms. The summed E-state index contributed by atoms with van der Waals surface area (Å²) in [7, 11) is 1.69. The Balaban J connectivity index is 1.65. The molecule has 0 fully saturated rings. The van der Waals surface area contributed by atoms with Gasteiger partial charge in [0.2, 0.25) is 5.91 Å². The van der Waals surface area contributed by atoms with Crippen LogP contribution in [0.4, 0.5) is 5.69 Å². The van der Waals surface area contributed by atoms with Gasteiger partial charge in [-0.1, -0.05) is 41.6 Å². The lowest BCUT2D eigenvalue weighted by Crippen LogP contribution is -2.20. The van der Waals surface area contributed by atoms with Crippen LogP contribution in [-0.4, -0.2) is 21.2 Å². The topological polar surface area (TPSA) is 64.0 Å². The normalized spacial score (nSPS) is 10.9. The first-order valence-electron chi connectivity index (χ1n) is 8.11. The number of thioether (sulfide) groups is 1. The molecular formula is C19H18ClN3O2S. The van der Waals surface area contributed by atoms with Crippen molar-refractivity contribution in [2.75, 3.05) is 11.1 Å². The van der Waals surface area contributed by atoms with Crippen molar-refractivity contribution in [1.82, 2.24) is 9.55 Å². The molecule has 3 rings (SSSR count). The van der Waals surface area contributed by atoms with Gasteiger partial charge in [0.15, 0.2) is 5.16 Å². The molecule has 0 aliphatic rings. The number of para-hydroxylation sites is 1. The number of nitrogens with zero attached hydrogens (tertiary/aromatic N) is 2. The van der Waals surface area contributed by atoms with E-state index in [1.54, 1.807) is 25.2 Å². The zero-order valence-electron chi connectivity index (χ0n) is 14.5. The minimum atomic E-state index is -0.103. The Hall–Kier alpha value is -2.31. The molecule has 2 aromatic carbocycles. The molecule has 7 heteroatoms. The molecular weight excluding hydrogens is 370 g/mol. The number of anilines is 1. The first-order chi connectivity index (χ1) is 12.5. The van der Waals surface area contributed by atoms with Crippen LogP contribution in [0.1, 0.15) is 12.0 Å². The third kappa shape index (κ3) is 3.92. The summed E-state index contributed by atoms with van der Waals surface area (Å²) in [6.45, 7) is 1.86. The summed E-state index contributed by atoms with van der Waals surface area (Å²) in [6.07, 6.45) is 0.305. The highest BCUT2D eigenvalue weighted by molar-refractivity contribution is 7.99. The highest BCUT2D eigenvalue weighted by Gasteiger charge is 2.10. The number of benzene rings is 2. The number of aromatic nitrogens is 2. The maximum atomic E-state index is 12.4. The van der Waals surface area contributed by atoms with Gasteiger partial charge in [0.05, 0.1) is 10.9 Å². The largest absolute Gasteiger partial charge is 0.326 e. The molecule has 5 nitrogen and oxygen atoms in total. The maximum absolute atomic E-state index is 12.4. The van der Waals surface area contributed by atoms with Crippen LogP contribution in [0, 0.1) is 6.92 Å². The summed E-state index contributed by atoms with van der Waals surface area (Å²) in [5, 5.41) is 4.67. The van der Waals surface area contributed by atoms with Crippen molar-refractivity contribution in [2.45, 2.75) is 18.5 Å². The second kappa shape index (κ2) is 7.93. The molecule has 1 N–H and O–H groups in total. The molecule has 0 radical (unpaired) electrons. The number of hydrogen-bond acceptors (Lipinski definition) is 4. The highest BCUT2D eigenvalue weighted by atomic mass is 35.5. The number of nitrogens with one attached hydrogen (secondary N) is 1. The third-order valence-electron chi connectivity index (χ3n) is 4.04. The zero-order valence-corrected chi connectivity index (χ0v) is 16.0. The Kier molecular flexibility index (Phi) is 5.64. The molecule has 0 spiro atoms. The van der Waals surface area contributed by atoms with E-state index in [9.17, 15) is 9.59 Å². The number of hydrogen-bond donors (Lipinski definition) is 1. The van der Waals surface area contributed by atoms with E-state index < -0.39 is 0 Å². The number of fused-ring (bicyclic) bond motifs is 1. The Bertz CT molecular complexity index is 1030. The van der Waals surface area contributed by atoms with Crippen LogP contribution in [0.3, 0.4) is 0 Å². The van der Waals surface area contributed by atoms with Crippen molar-refractivity contribution in [3.8, 4) is 0 Å². The second-order valence-corrected chi connectivity index (χ2v) is 7.30. The van der Waals surface area contributed by atoms with E-state index in [4.69, 9.17) is 11.6 Å². The molecule has 0 aliphatic carbocycles. The van der Waals surface area contributed by atoms with Crippen molar-refractivity contribution in [3.63, 3.8) is 0 Å². The molecule has 0 bridgehead atoms. The van der Waals surface area contributed by atoms with Gasteiger partial charge in [0.1, 0.15) is 0 Å². The van der Waals surface area contributed by atoms with E-state index in [2.05, 4.69) is 10.3 Å². The number of carbonyl (C=O) groups is 1. The van der Waals surface area contributed by atoms with Gasteiger partial charge in [-0.05, 0) is 36.8 Å². The number of amides is 1. The van der Waals surface area contributed by atoms with Crippen LogP contribution in [0.2, 0.25) is 5.02 Å². The SMILES string of the molecule is Cc1c(Cl)cccc1NC(=O)CCSc1nc2ccccc2c(=O)n1C. The molecule has 0 saturated heterocycles. The fourth-order valence-corrected chi connectivity index (χ4v) is 3.60. The minimum Gasteiger partial charge on any atom is -0.326 e. The first-order valence-corrected chi connectivity index (χ1v) is 9.47. The minimum absolute atomic E-state index is 0.0860. The molecule has 3 aromatic rings. The highest BCUT2D eigenvalue weighted by Crippen LogP contribution is 2.23. The number of halogens is 1. The Morgan fingerprint density at radius 1 is 1.23 bits per heavy atom. The van der Waals surface area contributed by atoms with E-state index >= 15 is 0 Å². The summed E-state index contributed by atoms with van der Waals surface area (Å²) in [6, 6.07) is 12.7. The fraction of sp³-hybridized carbons (Fsp3) is 0.211. The van der Waals surface area contributed by atoms with Crippen molar-refractivity contribution in [1.29, 1.82) is 0 Å². The smallest absolute Gasteiger partial charge is 0.261 e. The lowest BCUT2D eigenvalue weighted by Gasteiger charge is -2.10. The van der Waals surface area contributed by atoms with Gasteiger partial charge in [-0.25, -0.2) is 4.98 Å². The van der Waals surface area contributed by atoms with Crippen LogP contribution in [0.25, 0.3) is 10.9 Å². The summed E-state index contributed by atoms with van der Waals surface area (Å²) in [4.78, 5) is 29.1. The maximum Gasteiger partial charge on any atom is 0.261 e. The molecule has 0 atom stereocenters. The van der Waals surface area contributed by atoms with E-state index in [-0.39, 0.29) is 11.5 Å². The summed E-state index contributed by atoms with van der Waals surface area (Å²) in [5.74, 6) is 0.415. The van der Waals surface area contributed by atoms with E-state index in [1.165, 1.54) is 16.3 Å². The van der Waals surface area contributed by atoms with Gasteiger partial charge < -0.3 is 5.32 Å². The number of carbonyl (C=O) groups excluding carboxylic acids is 1. The van der Waals surface area contributed by atoms with Crippen LogP contribution in [-0.2, 0) is 11.8 Å². The van der Waals surface area contributed by atoms with Crippen LogP contribution < -0.4 is 10.9 Å². The first kappa shape index (κ1) is 18.5. The van der Waals surface area contributed by atoms with Crippen molar-refractivity contribution < 1.29 is 4.79 Å². The standard InChI is InChI=1S/C19H18ClN3O2S/c1-12-14(20)7-5-9-15(12)21-17(24)10-11-26-19-22-16-8-4-3-6-13(16)18(25)23(19)2/h3-9H,10-11H2,1-2H3,(H,21,24). The van der Waals surface area contributed by atoms with Gasteiger partial charge in [-0.2, -0.15) is 0 Å². The summed E-state index contributed by atoms with van der Waals surface area (Å²) >= 11 is 7.45. The molecule has 1 amide bonds. The Labute approximate surface area is 160 Å². The average Bonchev–Trinajstić information content (AvgIpc) is 2.63. The molecule has 1 heterocycles. The lowest BCUT2D eigenvalue weighted by molar-refractivity contribution is -0.115. The molecule has 1 aromatic heterocycles. The summed E-state index contributed by atoms with van der Waals surface area (Å²) in [5.41, 5.74) is 2.13. The van der Waals surface area contributed by atoms with Crippen LogP contribution in [0.15, 0.2) is 52.4 Å². The van der Waals surface area contributed by atoms with E-state index in [1.807, 2.05) is 31.2 Å². The predicted octanol–water partition coefficient (Wildman–Crippen LogP) is 4.02. The van der Waals surface area contributed by atoms with Gasteiger partial charge in [-0.15, -0.1) is 0 Å². The summed E-state index contributed by atoms with van der Waals surface area (Å²) < 4.78 is 1.52. The van der Waals surface area contributed by atoms with Gasteiger partial charge in [0, 0.05) is 29.9 Å². The van der Waals surface area contributed by atoms with Crippen LogP contribution >= 0.6 is 23.4 Å². The molecule has 134 valence electrons. The van der Waals surface area contributed by atoms with Crippen molar-refractivity contribution >= 4 is 45.9 Å². The zero-order chi connectivity index (χ0) is 18.7. The van der Waals surface area contributed by atoms with Gasteiger partial charge in [-0.3, -0.25) is 14.2 Å². The average molecular weight is 388 g/mol. The van der Waals surface area contributed by atoms with Gasteiger partial charge in [0.25, 0.3) is 5.56 Å². The Morgan fingerprint density at radius 3 is 2.81 bits per heavy atom. The lowest BCUT2D eigenvalue weighted by atomic mass is 10.2. The predicted molar refractivity (Wildman–Crippen MR) is 107 cm³/mol. The van der Waals surface area contributed by atoms with Crippen LogP contribution in [0.5, 0.6) is 0 Å². The quantitative estimate of drug-likeness (QED) is 0.530. The fourth-order valence-electron chi connectivity index (χ4n) is 2.52. The van der Waals surface area contributed by atoms with Gasteiger partial charge >= 0.3 is 0 Å². The van der Waals surface area contributed by atoms with Crippen molar-refractivity contribution in [3.05, 3.63) is 63.4 Å². The molecule has 0 aliphatic heterocycles. The van der Waals surface area contributed by atoms with E-state index in [0.717, 1.165) is 5.56 Å². The number of rotatable bonds is 5. The Morgan fingerprint density at radius 2 is 2.00 bits per heavy atom. The van der Waals surface area contributed by atoms with Crippen molar-refractivity contribution in [2.24, 2.45) is 7.05 Å². The third-order valence-corrected chi connectivity index (χ3v) is 5.49. The molecule has 0 unspecified atom stereocenters.